The maximum atomic E-state index is 12.7. The fraction of sp³-hybridized carbons (Fsp3) is 0.591. The van der Waals surface area contributed by atoms with Crippen LogP contribution in [0.5, 0.6) is 0 Å². The fourth-order valence-electron chi connectivity index (χ4n) is 4.67. The number of hydrogen-bond acceptors (Lipinski definition) is 5. The van der Waals surface area contributed by atoms with Crippen LogP contribution in [0.1, 0.15) is 37.7 Å². The average Bonchev–Trinajstić information content (AvgIpc) is 3.19. The summed E-state index contributed by atoms with van der Waals surface area (Å²) in [6, 6.07) is 10.4. The molecule has 3 amide bonds. The van der Waals surface area contributed by atoms with E-state index in [0.717, 1.165) is 56.8 Å². The summed E-state index contributed by atoms with van der Waals surface area (Å²) < 4.78 is 0. The molecule has 3 aliphatic heterocycles. The molecule has 8 heteroatoms. The number of anilines is 1. The van der Waals surface area contributed by atoms with Crippen LogP contribution in [0.2, 0.25) is 0 Å². The molecule has 0 saturated carbocycles. The van der Waals surface area contributed by atoms with Gasteiger partial charge in [-0.1, -0.05) is 18.6 Å². The quantitative estimate of drug-likeness (QED) is 0.537. The van der Waals surface area contributed by atoms with Gasteiger partial charge in [0.05, 0.1) is 23.3 Å². The molecule has 0 aliphatic carbocycles. The molecule has 7 nitrogen and oxygen atoms in total. The standard InChI is InChI=1S/C22H29N5O2S/c23-14-16-6-1-2-7-18(16)26-10-5-11-27(13-12-26)20(28)9-4-3-8-19-21-17(15-30-19)24-22(29)25-21/h1-2,6-7,17,19,21H,3-5,8-13,15H2,(H2,24,25,29)/t17-,19-,21-/m0/s1. The molecule has 3 atom stereocenters. The molecule has 3 aliphatic rings. The van der Waals surface area contributed by atoms with E-state index >= 15 is 0 Å². The van der Waals surface area contributed by atoms with Crippen molar-refractivity contribution in [2.75, 3.05) is 36.8 Å². The number of hydrogen-bond donors (Lipinski definition) is 2. The Kier molecular flexibility index (Phi) is 6.68. The van der Waals surface area contributed by atoms with E-state index in [9.17, 15) is 14.9 Å². The van der Waals surface area contributed by atoms with E-state index in [2.05, 4.69) is 21.6 Å². The summed E-state index contributed by atoms with van der Waals surface area (Å²) in [4.78, 5) is 28.4. The largest absolute Gasteiger partial charge is 0.369 e. The van der Waals surface area contributed by atoms with Crippen LogP contribution >= 0.6 is 11.8 Å². The van der Waals surface area contributed by atoms with Crippen molar-refractivity contribution in [3.63, 3.8) is 0 Å². The number of benzene rings is 1. The molecule has 3 heterocycles. The van der Waals surface area contributed by atoms with Crippen LogP contribution < -0.4 is 15.5 Å². The predicted molar refractivity (Wildman–Crippen MR) is 119 cm³/mol. The highest BCUT2D eigenvalue weighted by atomic mass is 32.2. The highest BCUT2D eigenvalue weighted by molar-refractivity contribution is 8.00. The minimum Gasteiger partial charge on any atom is -0.369 e. The van der Waals surface area contributed by atoms with E-state index in [1.54, 1.807) is 0 Å². The molecule has 3 fully saturated rings. The van der Waals surface area contributed by atoms with Crippen molar-refractivity contribution < 1.29 is 9.59 Å². The van der Waals surface area contributed by atoms with Crippen molar-refractivity contribution in [1.82, 2.24) is 15.5 Å². The first-order valence-electron chi connectivity index (χ1n) is 10.9. The smallest absolute Gasteiger partial charge is 0.315 e. The Bertz CT molecular complexity index is 826. The van der Waals surface area contributed by atoms with Crippen molar-refractivity contribution in [3.8, 4) is 6.07 Å². The van der Waals surface area contributed by atoms with Crippen molar-refractivity contribution in [1.29, 1.82) is 5.26 Å². The van der Waals surface area contributed by atoms with Gasteiger partial charge in [0.2, 0.25) is 5.91 Å². The molecule has 0 aromatic heterocycles. The number of carbonyl (C=O) groups excluding carboxylic acids is 2. The van der Waals surface area contributed by atoms with Gasteiger partial charge in [-0.2, -0.15) is 17.0 Å². The number of fused-ring (bicyclic) bond motifs is 1. The first-order valence-corrected chi connectivity index (χ1v) is 11.9. The van der Waals surface area contributed by atoms with Gasteiger partial charge in [-0.25, -0.2) is 4.79 Å². The number of para-hydroxylation sites is 1. The molecule has 30 heavy (non-hydrogen) atoms. The third-order valence-electron chi connectivity index (χ3n) is 6.28. The number of unbranched alkanes of at least 4 members (excludes halogenated alkanes) is 1. The maximum Gasteiger partial charge on any atom is 0.315 e. The van der Waals surface area contributed by atoms with E-state index < -0.39 is 0 Å². The molecule has 1 aromatic rings. The number of thioether (sulfide) groups is 1. The van der Waals surface area contributed by atoms with Crippen molar-refractivity contribution >= 4 is 29.4 Å². The monoisotopic (exact) mass is 427 g/mol. The van der Waals surface area contributed by atoms with Crippen LogP contribution in [0.3, 0.4) is 0 Å². The fourth-order valence-corrected chi connectivity index (χ4v) is 6.22. The van der Waals surface area contributed by atoms with Gasteiger partial charge in [-0.15, -0.1) is 0 Å². The number of nitrogens with one attached hydrogen (secondary N) is 2. The van der Waals surface area contributed by atoms with Crippen molar-refractivity contribution in [2.45, 2.75) is 49.4 Å². The zero-order chi connectivity index (χ0) is 20.9. The van der Waals surface area contributed by atoms with Crippen LogP contribution in [0.4, 0.5) is 10.5 Å². The number of nitriles is 1. The van der Waals surface area contributed by atoms with Crippen LogP contribution in [0.15, 0.2) is 24.3 Å². The molecule has 0 unspecified atom stereocenters. The molecule has 4 rings (SSSR count). The van der Waals surface area contributed by atoms with E-state index in [1.165, 1.54) is 0 Å². The Morgan fingerprint density at radius 3 is 2.90 bits per heavy atom. The second kappa shape index (κ2) is 9.61. The lowest BCUT2D eigenvalue weighted by Crippen LogP contribution is -2.37. The van der Waals surface area contributed by atoms with E-state index in [4.69, 9.17) is 0 Å². The van der Waals surface area contributed by atoms with Gasteiger partial charge in [0.1, 0.15) is 6.07 Å². The van der Waals surface area contributed by atoms with E-state index in [0.29, 0.717) is 23.8 Å². The molecule has 0 spiro atoms. The predicted octanol–water partition coefficient (Wildman–Crippen LogP) is 2.32. The van der Waals surface area contributed by atoms with E-state index in [1.807, 2.05) is 40.9 Å². The molecule has 1 aromatic carbocycles. The Morgan fingerprint density at radius 1 is 1.17 bits per heavy atom. The molecular weight excluding hydrogens is 398 g/mol. The third kappa shape index (κ3) is 4.67. The Morgan fingerprint density at radius 2 is 2.03 bits per heavy atom. The summed E-state index contributed by atoms with van der Waals surface area (Å²) in [5.74, 6) is 1.21. The molecule has 0 radical (unpaired) electrons. The van der Waals surface area contributed by atoms with Gasteiger partial charge in [0.15, 0.2) is 0 Å². The molecule has 2 N–H and O–H groups in total. The number of urea groups is 1. The van der Waals surface area contributed by atoms with Gasteiger partial charge >= 0.3 is 6.03 Å². The zero-order valence-electron chi connectivity index (χ0n) is 17.2. The van der Waals surface area contributed by atoms with Crippen LogP contribution in [-0.2, 0) is 4.79 Å². The first-order chi connectivity index (χ1) is 14.7. The normalized spacial score (nSPS) is 25.8. The number of amides is 3. The minimum atomic E-state index is -0.0434. The summed E-state index contributed by atoms with van der Waals surface area (Å²) in [6.45, 7) is 3.12. The van der Waals surface area contributed by atoms with Crippen LogP contribution in [0.25, 0.3) is 0 Å². The first kappa shape index (κ1) is 20.9. The Balaban J connectivity index is 1.20. The highest BCUT2D eigenvalue weighted by Crippen LogP contribution is 2.33. The zero-order valence-corrected chi connectivity index (χ0v) is 18.0. The summed E-state index contributed by atoms with van der Waals surface area (Å²) in [5, 5.41) is 15.8. The average molecular weight is 428 g/mol. The Hall–Kier alpha value is -2.40. The lowest BCUT2D eigenvalue weighted by Gasteiger charge is -2.24. The maximum absolute atomic E-state index is 12.7. The van der Waals surface area contributed by atoms with Gasteiger partial charge < -0.3 is 20.4 Å². The van der Waals surface area contributed by atoms with Crippen molar-refractivity contribution in [2.24, 2.45) is 0 Å². The van der Waals surface area contributed by atoms with Gasteiger partial charge in [-0.3, -0.25) is 4.79 Å². The second-order valence-corrected chi connectivity index (χ2v) is 9.49. The Labute approximate surface area is 182 Å². The minimum absolute atomic E-state index is 0.0434. The molecule has 160 valence electrons. The summed E-state index contributed by atoms with van der Waals surface area (Å²) >= 11 is 1.93. The SMILES string of the molecule is N#Cc1ccccc1N1CCCN(C(=O)CCCC[C@@H]2SC[C@@H]3NC(=O)N[C@@H]32)CC1. The van der Waals surface area contributed by atoms with E-state index in [-0.39, 0.29) is 24.0 Å². The number of nitrogens with zero attached hydrogens (tertiary/aromatic N) is 3. The van der Waals surface area contributed by atoms with Crippen molar-refractivity contribution in [3.05, 3.63) is 29.8 Å². The van der Waals surface area contributed by atoms with Gasteiger partial charge in [0.25, 0.3) is 0 Å². The highest BCUT2D eigenvalue weighted by Gasteiger charge is 2.42. The van der Waals surface area contributed by atoms with Crippen LogP contribution in [-0.4, -0.2) is 66.1 Å². The molecule has 0 bridgehead atoms. The third-order valence-corrected chi connectivity index (χ3v) is 7.79. The van der Waals surface area contributed by atoms with Crippen LogP contribution in [0, 0.1) is 11.3 Å². The summed E-state index contributed by atoms with van der Waals surface area (Å²) in [6.07, 6.45) is 4.45. The lowest BCUT2D eigenvalue weighted by atomic mass is 10.0. The second-order valence-electron chi connectivity index (χ2n) is 8.22. The molecular formula is C22H29N5O2S. The van der Waals surface area contributed by atoms with Gasteiger partial charge in [-0.05, 0) is 31.4 Å². The number of rotatable bonds is 6. The topological polar surface area (TPSA) is 88.5 Å². The molecule has 3 saturated heterocycles. The summed E-state index contributed by atoms with van der Waals surface area (Å²) in [5.41, 5.74) is 1.66. The summed E-state index contributed by atoms with van der Waals surface area (Å²) in [7, 11) is 0. The lowest BCUT2D eigenvalue weighted by molar-refractivity contribution is -0.131. The number of carbonyl (C=O) groups is 2. The van der Waals surface area contributed by atoms with Gasteiger partial charge in [0, 0.05) is 43.6 Å².